The predicted octanol–water partition coefficient (Wildman–Crippen LogP) is 1.93. The molecule has 3 rings (SSSR count). The molecule has 1 aliphatic heterocycles. The van der Waals surface area contributed by atoms with Gasteiger partial charge in [0.1, 0.15) is 6.10 Å². The van der Waals surface area contributed by atoms with E-state index in [0.29, 0.717) is 10.6 Å². The number of hydrogen-bond acceptors (Lipinski definition) is 4. The number of benzene rings is 1. The topological polar surface area (TPSA) is 75.4 Å². The molecule has 1 saturated heterocycles. The fourth-order valence-electron chi connectivity index (χ4n) is 2.82. The molecule has 1 N–H and O–H groups in total. The van der Waals surface area contributed by atoms with Gasteiger partial charge in [0.2, 0.25) is 10.0 Å². The Bertz CT molecular complexity index is 891. The fraction of sp³-hybridized carbons (Fsp3) is 0.267. The Morgan fingerprint density at radius 2 is 2.04 bits per heavy atom. The molecule has 6 nitrogen and oxygen atoms in total. The van der Waals surface area contributed by atoms with Gasteiger partial charge in [0.05, 0.1) is 17.1 Å². The molecule has 8 heteroatoms. The summed E-state index contributed by atoms with van der Waals surface area (Å²) in [5.41, 5.74) is 2.17. The third-order valence-corrected chi connectivity index (χ3v) is 6.21. The van der Waals surface area contributed by atoms with E-state index in [0.717, 1.165) is 15.4 Å². The Morgan fingerprint density at radius 3 is 2.57 bits per heavy atom. The van der Waals surface area contributed by atoms with Crippen molar-refractivity contribution in [2.45, 2.75) is 12.1 Å². The minimum Gasteiger partial charge on any atom is -0.386 e. The van der Waals surface area contributed by atoms with Gasteiger partial charge in [-0.1, -0.05) is 24.2 Å². The van der Waals surface area contributed by atoms with Gasteiger partial charge in [0, 0.05) is 30.9 Å². The van der Waals surface area contributed by atoms with Crippen molar-refractivity contribution < 1.29 is 13.5 Å². The maximum Gasteiger partial charge on any atom is 0.241 e. The van der Waals surface area contributed by atoms with Crippen LogP contribution in [0.4, 0.5) is 0 Å². The normalized spacial score (nSPS) is 24.3. The van der Waals surface area contributed by atoms with Crippen molar-refractivity contribution in [3.05, 3.63) is 52.7 Å². The number of aliphatic hydroxyl groups excluding tert-OH is 1. The molecule has 0 saturated carbocycles. The van der Waals surface area contributed by atoms with E-state index in [4.69, 9.17) is 11.6 Å². The Kier molecular flexibility index (Phi) is 3.84. The van der Waals surface area contributed by atoms with Crippen LogP contribution >= 0.6 is 11.6 Å². The quantitative estimate of drug-likeness (QED) is 0.895. The van der Waals surface area contributed by atoms with Gasteiger partial charge >= 0.3 is 0 Å². The van der Waals surface area contributed by atoms with E-state index in [-0.39, 0.29) is 4.91 Å². The molecule has 0 aliphatic carbocycles. The van der Waals surface area contributed by atoms with Crippen LogP contribution in [0, 0.1) is 0 Å². The van der Waals surface area contributed by atoms with Crippen LogP contribution in [0.1, 0.15) is 11.6 Å². The van der Waals surface area contributed by atoms with Crippen LogP contribution in [0.3, 0.4) is 0 Å². The lowest BCUT2D eigenvalue weighted by atomic mass is 9.93. The average molecular weight is 354 g/mol. The van der Waals surface area contributed by atoms with E-state index in [1.54, 1.807) is 42.3 Å². The zero-order valence-electron chi connectivity index (χ0n) is 12.6. The summed E-state index contributed by atoms with van der Waals surface area (Å²) in [7, 11) is -0.497. The molecule has 1 aromatic carbocycles. The third-order valence-electron chi connectivity index (χ3n) is 4.08. The molecule has 1 fully saturated rings. The van der Waals surface area contributed by atoms with Crippen molar-refractivity contribution in [3.63, 3.8) is 0 Å². The number of likely N-dealkylation sites (N-methyl/N-ethyl adjacent to an activating group) is 1. The van der Waals surface area contributed by atoms with Gasteiger partial charge in [0.15, 0.2) is 0 Å². The summed E-state index contributed by atoms with van der Waals surface area (Å²) in [6.45, 7) is 3.52. The van der Waals surface area contributed by atoms with Gasteiger partial charge in [-0.05, 0) is 23.3 Å². The van der Waals surface area contributed by atoms with Crippen LogP contribution in [0.25, 0.3) is 11.1 Å². The summed E-state index contributed by atoms with van der Waals surface area (Å²) < 4.78 is 27.2. The average Bonchev–Trinajstić information content (AvgIpc) is 2.98. The second-order valence-corrected chi connectivity index (χ2v) is 8.00. The molecule has 23 heavy (non-hydrogen) atoms. The molecule has 0 spiro atoms. The molecule has 0 bridgehead atoms. The highest BCUT2D eigenvalue weighted by molar-refractivity contribution is 7.93. The highest BCUT2D eigenvalue weighted by Gasteiger charge is 2.46. The fourth-order valence-corrected chi connectivity index (χ4v) is 4.33. The van der Waals surface area contributed by atoms with Crippen molar-refractivity contribution in [2.24, 2.45) is 7.05 Å². The van der Waals surface area contributed by atoms with Crippen molar-refractivity contribution in [1.82, 2.24) is 14.1 Å². The molecule has 2 heterocycles. The van der Waals surface area contributed by atoms with Crippen LogP contribution in [0.15, 0.2) is 42.1 Å². The van der Waals surface area contributed by atoms with Gasteiger partial charge in [-0.2, -0.15) is 9.40 Å². The minimum atomic E-state index is -3.72. The summed E-state index contributed by atoms with van der Waals surface area (Å²) in [5.74, 6) is 0. The summed E-state index contributed by atoms with van der Waals surface area (Å²) in [6, 6.07) is 4.39. The maximum atomic E-state index is 12.2. The molecule has 0 amide bonds. The third kappa shape index (κ3) is 2.49. The van der Waals surface area contributed by atoms with Crippen LogP contribution in [0.5, 0.6) is 0 Å². The van der Waals surface area contributed by atoms with Crippen LogP contribution in [-0.4, -0.2) is 40.8 Å². The van der Waals surface area contributed by atoms with Gasteiger partial charge in [-0.25, -0.2) is 8.42 Å². The van der Waals surface area contributed by atoms with Crippen molar-refractivity contribution in [1.29, 1.82) is 0 Å². The largest absolute Gasteiger partial charge is 0.386 e. The van der Waals surface area contributed by atoms with Crippen LogP contribution < -0.4 is 0 Å². The zero-order valence-corrected chi connectivity index (χ0v) is 14.2. The summed E-state index contributed by atoms with van der Waals surface area (Å²) in [6.07, 6.45) is 2.27. The first-order valence-electron chi connectivity index (χ1n) is 6.87. The number of sulfonamides is 1. The van der Waals surface area contributed by atoms with E-state index in [2.05, 4.69) is 11.7 Å². The lowest BCUT2D eigenvalue weighted by Crippen LogP contribution is -2.26. The minimum absolute atomic E-state index is 0.197. The highest BCUT2D eigenvalue weighted by atomic mass is 35.5. The summed E-state index contributed by atoms with van der Waals surface area (Å²) >= 11 is 6.10. The maximum absolute atomic E-state index is 12.2. The molecule has 122 valence electrons. The van der Waals surface area contributed by atoms with E-state index >= 15 is 0 Å². The van der Waals surface area contributed by atoms with E-state index < -0.39 is 22.2 Å². The monoisotopic (exact) mass is 353 g/mol. The number of nitrogens with zero attached hydrogens (tertiary/aromatic N) is 3. The first kappa shape index (κ1) is 16.2. The lowest BCUT2D eigenvalue weighted by Gasteiger charge is -2.22. The number of aromatic nitrogens is 2. The zero-order chi connectivity index (χ0) is 16.9. The second-order valence-electron chi connectivity index (χ2n) is 5.51. The first-order chi connectivity index (χ1) is 10.7. The van der Waals surface area contributed by atoms with Crippen molar-refractivity contribution in [2.75, 3.05) is 7.05 Å². The molecule has 2 unspecified atom stereocenters. The van der Waals surface area contributed by atoms with Crippen molar-refractivity contribution in [3.8, 4) is 11.1 Å². The van der Waals surface area contributed by atoms with Gasteiger partial charge in [-0.3, -0.25) is 4.68 Å². The Morgan fingerprint density at radius 1 is 1.35 bits per heavy atom. The van der Waals surface area contributed by atoms with Gasteiger partial charge in [0.25, 0.3) is 0 Å². The van der Waals surface area contributed by atoms with Gasteiger partial charge < -0.3 is 5.11 Å². The number of rotatable bonds is 2. The van der Waals surface area contributed by atoms with Crippen LogP contribution in [0.2, 0.25) is 5.02 Å². The predicted molar refractivity (Wildman–Crippen MR) is 88.2 cm³/mol. The first-order valence-corrected chi connectivity index (χ1v) is 8.68. The van der Waals surface area contributed by atoms with E-state index in [9.17, 15) is 13.5 Å². The Balaban J connectivity index is 2.20. The van der Waals surface area contributed by atoms with E-state index in [1.165, 1.54) is 7.05 Å². The van der Waals surface area contributed by atoms with Crippen molar-refractivity contribution >= 4 is 21.6 Å². The lowest BCUT2D eigenvalue weighted by molar-refractivity contribution is 0.154. The molecule has 2 aromatic rings. The smallest absolute Gasteiger partial charge is 0.241 e. The number of halogens is 1. The molecule has 1 aromatic heterocycles. The number of aryl methyl sites for hydroxylation is 1. The second kappa shape index (κ2) is 5.45. The highest BCUT2D eigenvalue weighted by Crippen LogP contribution is 2.43. The molecule has 1 aliphatic rings. The number of hydrogen-bond donors (Lipinski definition) is 1. The number of aliphatic hydroxyl groups is 1. The molecule has 2 atom stereocenters. The van der Waals surface area contributed by atoms with Gasteiger partial charge in [-0.15, -0.1) is 0 Å². The Hall–Kier alpha value is -1.67. The van der Waals surface area contributed by atoms with E-state index in [1.807, 2.05) is 0 Å². The molecular formula is C15H16ClN3O3S. The summed E-state index contributed by atoms with van der Waals surface area (Å²) in [4.78, 5) is -0.197. The SMILES string of the molecule is C=C1C(O)C(c2ccc(Cl)cc2-c2cnn(C)c2)N(C)S1(=O)=O. The Labute approximate surface area is 139 Å². The van der Waals surface area contributed by atoms with Crippen LogP contribution in [-0.2, 0) is 17.1 Å². The summed E-state index contributed by atoms with van der Waals surface area (Å²) in [5, 5.41) is 15.0. The molecular weight excluding hydrogens is 338 g/mol. The molecule has 0 radical (unpaired) electrons. The standard InChI is InChI=1S/C15H16ClN3O3S/c1-9-15(20)14(19(3)23(9,21)22)12-5-4-11(16)6-13(12)10-7-17-18(2)8-10/h4-8,14-15,20H,1H2,2-3H3.